The van der Waals surface area contributed by atoms with Crippen molar-refractivity contribution in [2.45, 2.75) is 13.1 Å². The Morgan fingerprint density at radius 3 is 2.92 bits per heavy atom. The van der Waals surface area contributed by atoms with Gasteiger partial charge in [-0.3, -0.25) is 4.90 Å². The predicted octanol–water partition coefficient (Wildman–Crippen LogP) is 3.19. The molecule has 0 amide bonds. The van der Waals surface area contributed by atoms with Crippen LogP contribution in [0.15, 0.2) is 22.9 Å². The summed E-state index contributed by atoms with van der Waals surface area (Å²) in [5.74, 6) is 0. The summed E-state index contributed by atoms with van der Waals surface area (Å²) in [6, 6.07) is 4.11. The lowest BCUT2D eigenvalue weighted by atomic mass is 10.4. The summed E-state index contributed by atoms with van der Waals surface area (Å²) in [5, 5.41) is 15.9. The number of anilines is 1. The number of ether oxygens (including phenoxy) is 1. The van der Waals surface area contributed by atoms with Crippen LogP contribution in [0.4, 0.5) is 5.13 Å². The van der Waals surface area contributed by atoms with Gasteiger partial charge in [-0.1, -0.05) is 17.4 Å². The summed E-state index contributed by atoms with van der Waals surface area (Å²) in [6.45, 7) is 5.29. The summed E-state index contributed by atoms with van der Waals surface area (Å²) in [5.41, 5.74) is 1.09. The van der Waals surface area contributed by atoms with E-state index in [1.165, 1.54) is 9.88 Å². The maximum Gasteiger partial charge on any atom is 0.208 e. The molecule has 3 aromatic heterocycles. The topological polar surface area (TPSA) is 54.4 Å². The second-order valence-electron chi connectivity index (χ2n) is 5.84. The predicted molar refractivity (Wildman–Crippen MR) is 104 cm³/mol. The monoisotopic (exact) mass is 393 g/mol. The van der Waals surface area contributed by atoms with E-state index < -0.39 is 0 Å². The molecule has 4 rings (SSSR count). The Hall–Kier alpha value is -1.39. The fourth-order valence-electron chi connectivity index (χ4n) is 2.62. The van der Waals surface area contributed by atoms with E-state index >= 15 is 0 Å². The van der Waals surface area contributed by atoms with Gasteiger partial charge in [-0.15, -0.1) is 32.9 Å². The lowest BCUT2D eigenvalue weighted by Crippen LogP contribution is -2.35. The van der Waals surface area contributed by atoms with E-state index in [0.717, 1.165) is 55.2 Å². The highest BCUT2D eigenvalue weighted by molar-refractivity contribution is 7.22. The van der Waals surface area contributed by atoms with Gasteiger partial charge in [0.1, 0.15) is 5.01 Å². The molecule has 0 aromatic carbocycles. The Morgan fingerprint density at radius 1 is 1.24 bits per heavy atom. The third kappa shape index (κ3) is 4.24. The van der Waals surface area contributed by atoms with Crippen LogP contribution < -0.4 is 4.90 Å². The van der Waals surface area contributed by atoms with Crippen LogP contribution in [-0.4, -0.2) is 53.4 Å². The highest BCUT2D eigenvalue weighted by Gasteiger charge is 2.15. The first kappa shape index (κ1) is 17.0. The van der Waals surface area contributed by atoms with Gasteiger partial charge in [0.2, 0.25) is 5.13 Å². The quantitative estimate of drug-likeness (QED) is 0.641. The van der Waals surface area contributed by atoms with Crippen molar-refractivity contribution in [1.82, 2.24) is 20.1 Å². The van der Waals surface area contributed by atoms with Crippen molar-refractivity contribution in [1.29, 1.82) is 0 Å². The number of aromatic nitrogens is 3. The highest BCUT2D eigenvalue weighted by atomic mass is 32.1. The average Bonchev–Trinajstić information content (AvgIpc) is 3.37. The SMILES string of the molecule is CN(Cc1csc(CN2CCOCC2)n1)c1nnc(-c2cccs2)s1. The maximum atomic E-state index is 5.40. The molecule has 1 fully saturated rings. The van der Waals surface area contributed by atoms with Crippen molar-refractivity contribution in [2.24, 2.45) is 0 Å². The van der Waals surface area contributed by atoms with Gasteiger partial charge in [-0.2, -0.15) is 0 Å². The highest BCUT2D eigenvalue weighted by Crippen LogP contribution is 2.31. The second-order valence-corrected chi connectivity index (χ2v) is 8.69. The summed E-state index contributed by atoms with van der Waals surface area (Å²) >= 11 is 5.04. The van der Waals surface area contributed by atoms with E-state index in [0.29, 0.717) is 0 Å². The number of nitrogens with zero attached hydrogens (tertiary/aromatic N) is 5. The number of thiazole rings is 1. The van der Waals surface area contributed by atoms with Crippen molar-refractivity contribution in [3.05, 3.63) is 33.6 Å². The molecule has 0 spiro atoms. The van der Waals surface area contributed by atoms with Gasteiger partial charge in [0.25, 0.3) is 0 Å². The molecule has 0 aliphatic carbocycles. The minimum absolute atomic E-state index is 0.749. The number of hydrogen-bond donors (Lipinski definition) is 0. The molecule has 0 N–H and O–H groups in total. The average molecular weight is 394 g/mol. The Bertz CT molecular complexity index is 794. The van der Waals surface area contributed by atoms with E-state index in [1.807, 2.05) is 13.1 Å². The van der Waals surface area contributed by atoms with Crippen molar-refractivity contribution in [2.75, 3.05) is 38.3 Å². The summed E-state index contributed by atoms with van der Waals surface area (Å²) < 4.78 is 5.40. The van der Waals surface area contributed by atoms with Crippen molar-refractivity contribution >= 4 is 39.1 Å². The molecule has 3 aromatic rings. The molecule has 4 heterocycles. The molecule has 6 nitrogen and oxygen atoms in total. The van der Waals surface area contributed by atoms with Gasteiger partial charge in [0.15, 0.2) is 5.01 Å². The summed E-state index contributed by atoms with van der Waals surface area (Å²) in [4.78, 5) is 10.5. The van der Waals surface area contributed by atoms with Crippen LogP contribution in [0.2, 0.25) is 0 Å². The molecule has 0 atom stereocenters. The third-order valence-electron chi connectivity index (χ3n) is 3.93. The summed E-state index contributed by atoms with van der Waals surface area (Å²) in [7, 11) is 2.04. The third-order valence-corrected chi connectivity index (χ3v) is 6.89. The molecule has 0 saturated carbocycles. The van der Waals surface area contributed by atoms with Crippen LogP contribution in [0.5, 0.6) is 0 Å². The van der Waals surface area contributed by atoms with Crippen molar-refractivity contribution in [3.63, 3.8) is 0 Å². The maximum absolute atomic E-state index is 5.40. The standard InChI is InChI=1S/C16H19N5OS3/c1-20(16-19-18-15(25-16)13-3-2-8-23-13)9-12-11-24-14(17-12)10-21-4-6-22-7-5-21/h2-3,8,11H,4-7,9-10H2,1H3. The van der Waals surface area contributed by atoms with Gasteiger partial charge in [0, 0.05) is 25.5 Å². The number of hydrogen-bond acceptors (Lipinski definition) is 9. The largest absolute Gasteiger partial charge is 0.379 e. The Kier molecular flexibility index (Phi) is 5.37. The minimum Gasteiger partial charge on any atom is -0.379 e. The van der Waals surface area contributed by atoms with E-state index in [4.69, 9.17) is 9.72 Å². The molecule has 1 aliphatic rings. The molecular weight excluding hydrogens is 374 g/mol. The molecule has 9 heteroatoms. The zero-order valence-electron chi connectivity index (χ0n) is 13.9. The fraction of sp³-hybridized carbons (Fsp3) is 0.438. The lowest BCUT2D eigenvalue weighted by Gasteiger charge is -2.25. The molecule has 0 bridgehead atoms. The normalized spacial score (nSPS) is 15.6. The molecule has 0 unspecified atom stereocenters. The number of rotatable bonds is 6. The molecule has 132 valence electrons. The fourth-order valence-corrected chi connectivity index (χ4v) is 5.05. The summed E-state index contributed by atoms with van der Waals surface area (Å²) in [6.07, 6.45) is 0. The molecular formula is C16H19N5OS3. The first-order valence-electron chi connectivity index (χ1n) is 8.10. The van der Waals surface area contributed by atoms with E-state index in [-0.39, 0.29) is 0 Å². The zero-order chi connectivity index (χ0) is 17.1. The van der Waals surface area contributed by atoms with Crippen LogP contribution >= 0.6 is 34.0 Å². The lowest BCUT2D eigenvalue weighted by molar-refractivity contribution is 0.0341. The van der Waals surface area contributed by atoms with E-state index in [1.54, 1.807) is 34.0 Å². The zero-order valence-corrected chi connectivity index (χ0v) is 16.4. The first-order valence-corrected chi connectivity index (χ1v) is 10.7. The van der Waals surface area contributed by atoms with Crippen molar-refractivity contribution in [3.8, 4) is 9.88 Å². The van der Waals surface area contributed by atoms with Crippen LogP contribution in [0, 0.1) is 0 Å². The smallest absolute Gasteiger partial charge is 0.208 e. The van der Waals surface area contributed by atoms with Crippen LogP contribution in [0.3, 0.4) is 0 Å². The Balaban J connectivity index is 1.37. The van der Waals surface area contributed by atoms with Crippen LogP contribution in [-0.2, 0) is 17.8 Å². The molecule has 0 radical (unpaired) electrons. The number of morpholine rings is 1. The van der Waals surface area contributed by atoms with Crippen LogP contribution in [0.25, 0.3) is 9.88 Å². The minimum atomic E-state index is 0.749. The van der Waals surface area contributed by atoms with Gasteiger partial charge in [-0.05, 0) is 11.4 Å². The van der Waals surface area contributed by atoms with E-state index in [2.05, 4.69) is 36.8 Å². The second kappa shape index (κ2) is 7.88. The van der Waals surface area contributed by atoms with Gasteiger partial charge in [0.05, 0.1) is 36.9 Å². The van der Waals surface area contributed by atoms with Crippen molar-refractivity contribution < 1.29 is 4.74 Å². The Morgan fingerprint density at radius 2 is 2.12 bits per heavy atom. The van der Waals surface area contributed by atoms with Gasteiger partial charge < -0.3 is 9.64 Å². The van der Waals surface area contributed by atoms with Gasteiger partial charge >= 0.3 is 0 Å². The van der Waals surface area contributed by atoms with Gasteiger partial charge in [-0.25, -0.2) is 4.98 Å². The molecule has 25 heavy (non-hydrogen) atoms. The van der Waals surface area contributed by atoms with Crippen LogP contribution in [0.1, 0.15) is 10.7 Å². The Labute approximate surface area is 158 Å². The molecule has 1 saturated heterocycles. The first-order chi connectivity index (χ1) is 12.3. The molecule has 1 aliphatic heterocycles. The van der Waals surface area contributed by atoms with E-state index in [9.17, 15) is 0 Å². The number of thiophene rings is 1.